The van der Waals surface area contributed by atoms with Crippen LogP contribution in [0.3, 0.4) is 0 Å². The Hall–Kier alpha value is -2.80. The van der Waals surface area contributed by atoms with Crippen molar-refractivity contribution < 1.29 is 26.0 Å². The molecule has 0 aliphatic heterocycles. The number of sulfonamides is 1. The lowest BCUT2D eigenvalue weighted by molar-refractivity contribution is -0.137. The molecule has 14 heteroatoms. The molecule has 1 heterocycles. The van der Waals surface area contributed by atoms with Gasteiger partial charge < -0.3 is 15.5 Å². The first-order valence-electron chi connectivity index (χ1n) is 10.2. The molecule has 0 spiro atoms. The average Bonchev–Trinajstić information content (AvgIpc) is 2.79. The number of hydrogen-bond donors (Lipinski definition) is 3. The van der Waals surface area contributed by atoms with Crippen molar-refractivity contribution in [3.63, 3.8) is 0 Å². The summed E-state index contributed by atoms with van der Waals surface area (Å²) in [7, 11) is -1.03. The van der Waals surface area contributed by atoms with E-state index in [-0.39, 0.29) is 40.3 Å². The quantitative estimate of drug-likeness (QED) is 0.295. The van der Waals surface area contributed by atoms with E-state index in [2.05, 4.69) is 20.3 Å². The van der Waals surface area contributed by atoms with E-state index in [0.717, 1.165) is 24.3 Å². The molecule has 0 bridgehead atoms. The molecule has 2 aromatic carbocycles. The Morgan fingerprint density at radius 2 is 1.81 bits per heavy atom. The van der Waals surface area contributed by atoms with E-state index in [0.29, 0.717) is 13.1 Å². The van der Waals surface area contributed by atoms with Crippen LogP contribution in [0.2, 0.25) is 5.02 Å². The summed E-state index contributed by atoms with van der Waals surface area (Å²) in [5.41, 5.74) is -0.460. The first-order valence-corrected chi connectivity index (χ1v) is 12.1. The van der Waals surface area contributed by atoms with Gasteiger partial charge in [0.1, 0.15) is 16.5 Å². The van der Waals surface area contributed by atoms with E-state index in [4.69, 9.17) is 11.6 Å². The molecule has 1 aromatic heterocycles. The molecule has 36 heavy (non-hydrogen) atoms. The minimum absolute atomic E-state index is 0. The molecule has 0 unspecified atom stereocenters. The molecule has 196 valence electrons. The van der Waals surface area contributed by atoms with Crippen LogP contribution in [0.1, 0.15) is 5.56 Å². The van der Waals surface area contributed by atoms with Crippen LogP contribution in [-0.4, -0.2) is 40.6 Å². The molecule has 0 radical (unpaired) electrons. The molecular formula is C22H23Cl2F4N5O2S. The molecule has 3 N–H and O–H groups in total. The van der Waals surface area contributed by atoms with Crippen LogP contribution in [0, 0.1) is 5.82 Å². The lowest BCUT2D eigenvalue weighted by Crippen LogP contribution is -2.28. The van der Waals surface area contributed by atoms with Crippen molar-refractivity contribution in [2.45, 2.75) is 11.1 Å². The van der Waals surface area contributed by atoms with Crippen LogP contribution >= 0.6 is 24.0 Å². The third kappa shape index (κ3) is 7.12. The van der Waals surface area contributed by atoms with Crippen LogP contribution in [0.15, 0.2) is 59.6 Å². The Kier molecular flexibility index (Phi) is 9.78. The second-order valence-corrected chi connectivity index (χ2v) is 9.52. The SMILES string of the molecule is CNCCN(C)c1cc(C(F)(F)F)ccc1Nc1cc(F)c(S(=O)(=O)Nc2ccccn2)cc1Cl.Cl. The van der Waals surface area contributed by atoms with Gasteiger partial charge in [-0.2, -0.15) is 13.2 Å². The van der Waals surface area contributed by atoms with Gasteiger partial charge in [-0.1, -0.05) is 17.7 Å². The Bertz CT molecular complexity index is 1300. The molecule has 3 rings (SSSR count). The number of nitrogens with one attached hydrogen (secondary N) is 3. The Morgan fingerprint density at radius 1 is 1.08 bits per heavy atom. The van der Waals surface area contributed by atoms with Gasteiger partial charge in [0, 0.05) is 32.4 Å². The first-order chi connectivity index (χ1) is 16.4. The predicted molar refractivity (Wildman–Crippen MR) is 136 cm³/mol. The average molecular weight is 568 g/mol. The zero-order valence-corrected chi connectivity index (χ0v) is 21.4. The van der Waals surface area contributed by atoms with E-state index in [1.807, 2.05) is 0 Å². The van der Waals surface area contributed by atoms with Crippen molar-refractivity contribution in [3.8, 4) is 0 Å². The minimum atomic E-state index is -4.56. The van der Waals surface area contributed by atoms with Crippen LogP contribution < -0.4 is 20.3 Å². The maximum atomic E-state index is 14.9. The molecule has 0 atom stereocenters. The van der Waals surface area contributed by atoms with Crippen molar-refractivity contribution in [3.05, 3.63) is 71.1 Å². The number of likely N-dealkylation sites (N-methyl/N-ethyl adjacent to an activating group) is 2. The molecule has 0 aliphatic rings. The molecule has 0 aliphatic carbocycles. The largest absolute Gasteiger partial charge is 0.416 e. The van der Waals surface area contributed by atoms with Gasteiger partial charge in [-0.05, 0) is 43.4 Å². The number of aromatic nitrogens is 1. The van der Waals surface area contributed by atoms with Crippen molar-refractivity contribution in [2.24, 2.45) is 0 Å². The number of hydrogen-bond acceptors (Lipinski definition) is 6. The third-order valence-electron chi connectivity index (χ3n) is 4.92. The fraction of sp³-hybridized carbons (Fsp3) is 0.227. The topological polar surface area (TPSA) is 86.4 Å². The van der Waals surface area contributed by atoms with Gasteiger partial charge in [0.15, 0.2) is 0 Å². The Morgan fingerprint density at radius 3 is 2.42 bits per heavy atom. The molecule has 0 fully saturated rings. The van der Waals surface area contributed by atoms with Gasteiger partial charge in [0.2, 0.25) is 0 Å². The van der Waals surface area contributed by atoms with Crippen LogP contribution in [0.5, 0.6) is 0 Å². The van der Waals surface area contributed by atoms with Crippen molar-refractivity contribution >= 4 is 56.9 Å². The van der Waals surface area contributed by atoms with E-state index < -0.39 is 32.5 Å². The fourth-order valence-corrected chi connectivity index (χ4v) is 4.49. The fourth-order valence-electron chi connectivity index (χ4n) is 3.12. The molecule has 3 aromatic rings. The molecular weight excluding hydrogens is 545 g/mol. The molecule has 0 saturated carbocycles. The highest BCUT2D eigenvalue weighted by Crippen LogP contribution is 2.38. The number of pyridine rings is 1. The van der Waals surface area contributed by atoms with Gasteiger partial charge in [-0.15, -0.1) is 12.4 Å². The molecule has 0 saturated heterocycles. The number of nitrogens with zero attached hydrogens (tertiary/aromatic N) is 2. The molecule has 0 amide bonds. The maximum Gasteiger partial charge on any atom is 0.416 e. The van der Waals surface area contributed by atoms with Gasteiger partial charge in [-0.3, -0.25) is 4.72 Å². The summed E-state index contributed by atoms with van der Waals surface area (Å²) in [6, 6.07) is 9.37. The zero-order chi connectivity index (χ0) is 25.8. The lowest BCUT2D eigenvalue weighted by Gasteiger charge is -2.24. The second kappa shape index (κ2) is 12.0. The Balaban J connectivity index is 0.00000456. The van der Waals surface area contributed by atoms with Gasteiger partial charge >= 0.3 is 6.18 Å². The summed E-state index contributed by atoms with van der Waals surface area (Å²) in [6.07, 6.45) is -3.19. The van der Waals surface area contributed by atoms with Crippen molar-refractivity contribution in [2.75, 3.05) is 42.1 Å². The highest BCUT2D eigenvalue weighted by atomic mass is 35.5. The smallest absolute Gasteiger partial charge is 0.372 e. The zero-order valence-electron chi connectivity index (χ0n) is 19.0. The maximum absolute atomic E-state index is 14.9. The number of anilines is 4. The van der Waals surface area contributed by atoms with E-state index in [1.165, 1.54) is 18.3 Å². The van der Waals surface area contributed by atoms with E-state index >= 15 is 0 Å². The summed E-state index contributed by atoms with van der Waals surface area (Å²) in [4.78, 5) is 4.72. The van der Waals surface area contributed by atoms with Gasteiger partial charge in [-0.25, -0.2) is 17.8 Å². The monoisotopic (exact) mass is 567 g/mol. The standard InChI is InChI=1S/C22H22ClF4N5O2S.ClH/c1-28-9-10-32(2)19-11-14(22(25,26)27)6-7-17(19)30-18-13-16(24)20(12-15(18)23)35(33,34)31-21-5-3-4-8-29-21;/h3-8,11-13,28,30H,9-10H2,1-2H3,(H,29,31);1H. The van der Waals surface area contributed by atoms with Crippen LogP contribution in [0.4, 0.5) is 40.4 Å². The summed E-state index contributed by atoms with van der Waals surface area (Å²) >= 11 is 6.24. The minimum Gasteiger partial charge on any atom is -0.372 e. The predicted octanol–water partition coefficient (Wildman–Crippen LogP) is 5.51. The van der Waals surface area contributed by atoms with E-state index in [1.54, 1.807) is 31.1 Å². The summed E-state index contributed by atoms with van der Waals surface area (Å²) in [5, 5.41) is 5.58. The van der Waals surface area contributed by atoms with Crippen LogP contribution in [-0.2, 0) is 16.2 Å². The highest BCUT2D eigenvalue weighted by molar-refractivity contribution is 7.92. The third-order valence-corrected chi connectivity index (χ3v) is 6.60. The summed E-state index contributed by atoms with van der Waals surface area (Å²) in [6.45, 7) is 0.877. The van der Waals surface area contributed by atoms with Gasteiger partial charge in [0.05, 0.1) is 27.6 Å². The molecule has 7 nitrogen and oxygen atoms in total. The summed E-state index contributed by atoms with van der Waals surface area (Å²) in [5.74, 6) is -1.12. The lowest BCUT2D eigenvalue weighted by atomic mass is 10.1. The number of halogens is 6. The van der Waals surface area contributed by atoms with Crippen LogP contribution in [0.25, 0.3) is 0 Å². The number of rotatable bonds is 9. The number of alkyl halides is 3. The summed E-state index contributed by atoms with van der Waals surface area (Å²) < 4.78 is 82.1. The highest BCUT2D eigenvalue weighted by Gasteiger charge is 2.31. The van der Waals surface area contributed by atoms with E-state index in [9.17, 15) is 26.0 Å². The normalized spacial score (nSPS) is 11.5. The van der Waals surface area contributed by atoms with Crippen molar-refractivity contribution in [1.82, 2.24) is 10.3 Å². The number of benzene rings is 2. The van der Waals surface area contributed by atoms with Gasteiger partial charge in [0.25, 0.3) is 10.0 Å². The first kappa shape index (κ1) is 29.4. The van der Waals surface area contributed by atoms with Crippen molar-refractivity contribution in [1.29, 1.82) is 0 Å². The Labute approximate surface area is 217 Å². The second-order valence-electron chi connectivity index (χ2n) is 7.46.